The van der Waals surface area contributed by atoms with Crippen LogP contribution in [0.2, 0.25) is 0 Å². The molecule has 2 heterocycles. The van der Waals surface area contributed by atoms with Gasteiger partial charge in [0, 0.05) is 38.6 Å². The van der Waals surface area contributed by atoms with E-state index in [2.05, 4.69) is 182 Å². The van der Waals surface area contributed by atoms with Crippen molar-refractivity contribution >= 4 is 32.6 Å². The van der Waals surface area contributed by atoms with Crippen LogP contribution >= 0.6 is 0 Å². The fraction of sp³-hybridized carbons (Fsp3) is 0.0577. The Morgan fingerprint density at radius 3 is 1.73 bits per heavy atom. The lowest BCUT2D eigenvalue weighted by atomic mass is 9.82. The summed E-state index contributed by atoms with van der Waals surface area (Å²) >= 11 is 0. The van der Waals surface area contributed by atoms with Crippen molar-refractivity contribution in [3.8, 4) is 62.1 Å². The summed E-state index contributed by atoms with van der Waals surface area (Å²) in [4.78, 5) is 15.6. The predicted octanol–water partition coefficient (Wildman–Crippen LogP) is 13.1. The molecule has 1 aliphatic carbocycles. The van der Waals surface area contributed by atoms with Crippen molar-refractivity contribution in [2.45, 2.75) is 19.3 Å². The van der Waals surface area contributed by atoms with Crippen LogP contribution in [0.5, 0.6) is 0 Å². The molecule has 0 unspecified atom stereocenters. The summed E-state index contributed by atoms with van der Waals surface area (Å²) in [5.41, 5.74) is 13.8. The van der Waals surface area contributed by atoms with Crippen molar-refractivity contribution < 1.29 is 0 Å². The Labute approximate surface area is 325 Å². The summed E-state index contributed by atoms with van der Waals surface area (Å²) in [6.07, 6.45) is 0. The van der Waals surface area contributed by atoms with Crippen molar-refractivity contribution in [3.63, 3.8) is 0 Å². The molecule has 4 heteroatoms. The van der Waals surface area contributed by atoms with Crippen LogP contribution in [-0.4, -0.2) is 19.5 Å². The maximum atomic E-state index is 5.28. The molecular formula is C52H36N4. The minimum absolute atomic E-state index is 0.137. The summed E-state index contributed by atoms with van der Waals surface area (Å²) in [5, 5.41) is 4.70. The second-order valence-electron chi connectivity index (χ2n) is 15.2. The van der Waals surface area contributed by atoms with Gasteiger partial charge in [-0.25, -0.2) is 15.0 Å². The zero-order valence-corrected chi connectivity index (χ0v) is 31.1. The predicted molar refractivity (Wildman–Crippen MR) is 231 cm³/mol. The van der Waals surface area contributed by atoms with Crippen molar-refractivity contribution in [1.82, 2.24) is 19.5 Å². The zero-order chi connectivity index (χ0) is 37.4. The van der Waals surface area contributed by atoms with Crippen LogP contribution in [0.25, 0.3) is 94.7 Å². The highest BCUT2D eigenvalue weighted by Gasteiger charge is 2.35. The number of fused-ring (bicyclic) bond motifs is 7. The largest absolute Gasteiger partial charge is 0.309 e. The molecule has 0 fully saturated rings. The maximum Gasteiger partial charge on any atom is 0.164 e. The van der Waals surface area contributed by atoms with Crippen LogP contribution in [0, 0.1) is 0 Å². The fourth-order valence-corrected chi connectivity index (χ4v) is 9.01. The highest BCUT2D eigenvalue weighted by atomic mass is 15.0. The van der Waals surface area contributed by atoms with E-state index in [0.29, 0.717) is 17.5 Å². The van der Waals surface area contributed by atoms with Gasteiger partial charge >= 0.3 is 0 Å². The lowest BCUT2D eigenvalue weighted by Crippen LogP contribution is -2.15. The Hall–Kier alpha value is -7.17. The first-order chi connectivity index (χ1) is 27.5. The molecule has 56 heavy (non-hydrogen) atoms. The number of hydrogen-bond donors (Lipinski definition) is 0. The molecule has 4 nitrogen and oxygen atoms in total. The van der Waals surface area contributed by atoms with E-state index in [4.69, 9.17) is 15.0 Å². The first kappa shape index (κ1) is 32.3. The molecule has 0 atom stereocenters. The Bertz CT molecular complexity index is 3160. The Morgan fingerprint density at radius 2 is 0.929 bits per heavy atom. The molecule has 0 aliphatic heterocycles. The van der Waals surface area contributed by atoms with Crippen molar-refractivity contribution in [1.29, 1.82) is 0 Å². The molecule has 0 N–H and O–H groups in total. The summed E-state index contributed by atoms with van der Waals surface area (Å²) in [6, 6.07) is 64.8. The molecule has 8 aromatic carbocycles. The average Bonchev–Trinajstić information content (AvgIpc) is 3.72. The summed E-state index contributed by atoms with van der Waals surface area (Å²) < 4.78 is 2.38. The molecule has 0 amide bonds. The van der Waals surface area contributed by atoms with E-state index in [0.717, 1.165) is 33.2 Å². The lowest BCUT2D eigenvalue weighted by molar-refractivity contribution is 0.660. The molecule has 10 aromatic rings. The third-order valence-electron chi connectivity index (χ3n) is 11.7. The number of nitrogens with zero attached hydrogens (tertiary/aromatic N) is 4. The first-order valence-electron chi connectivity index (χ1n) is 19.2. The number of rotatable bonds is 5. The van der Waals surface area contributed by atoms with Crippen LogP contribution in [0.1, 0.15) is 25.0 Å². The Morgan fingerprint density at radius 1 is 0.375 bits per heavy atom. The zero-order valence-electron chi connectivity index (χ0n) is 31.1. The van der Waals surface area contributed by atoms with Crippen molar-refractivity contribution in [2.75, 3.05) is 0 Å². The molecule has 0 bridgehead atoms. The third-order valence-corrected chi connectivity index (χ3v) is 11.7. The first-order valence-corrected chi connectivity index (χ1v) is 19.2. The Balaban J connectivity index is 1.11. The van der Waals surface area contributed by atoms with E-state index in [9.17, 15) is 0 Å². The SMILES string of the molecule is CC1(C)c2ccccc2-c2ccc(-c3nc(-c4ccccc4)nc(-c4ccc(-c5cccc6c5c5ccccc5n6-c5ccccc5)c5ccccc45)n3)cc21. The summed E-state index contributed by atoms with van der Waals surface area (Å²) in [6.45, 7) is 4.62. The minimum atomic E-state index is -0.137. The smallest absolute Gasteiger partial charge is 0.164 e. The van der Waals surface area contributed by atoms with Crippen LogP contribution in [-0.2, 0) is 5.41 Å². The van der Waals surface area contributed by atoms with Crippen molar-refractivity contribution in [3.05, 3.63) is 193 Å². The van der Waals surface area contributed by atoms with E-state index in [1.165, 1.54) is 55.2 Å². The monoisotopic (exact) mass is 716 g/mol. The normalized spacial score (nSPS) is 13.0. The van der Waals surface area contributed by atoms with Gasteiger partial charge in [-0.05, 0) is 80.6 Å². The van der Waals surface area contributed by atoms with Gasteiger partial charge in [0.15, 0.2) is 17.5 Å². The number of aromatic nitrogens is 4. The molecule has 264 valence electrons. The van der Waals surface area contributed by atoms with E-state index >= 15 is 0 Å². The average molecular weight is 717 g/mol. The molecule has 1 aliphatic rings. The van der Waals surface area contributed by atoms with Crippen molar-refractivity contribution in [2.24, 2.45) is 0 Å². The molecule has 0 saturated heterocycles. The van der Waals surface area contributed by atoms with Gasteiger partial charge in [0.05, 0.1) is 11.0 Å². The van der Waals surface area contributed by atoms with Crippen LogP contribution in [0.3, 0.4) is 0 Å². The van der Waals surface area contributed by atoms with Crippen LogP contribution in [0.15, 0.2) is 182 Å². The van der Waals surface area contributed by atoms with Gasteiger partial charge in [-0.3, -0.25) is 0 Å². The van der Waals surface area contributed by atoms with Gasteiger partial charge in [0.2, 0.25) is 0 Å². The van der Waals surface area contributed by atoms with E-state index in [1.807, 2.05) is 18.2 Å². The standard InChI is InChI=1S/C52H36N4/c1-52(2)44-25-13-11-22-39(44)40-29-28-34(32-45(40)52)50-53-49(33-16-5-3-6-17-33)54-51(55-50)42-31-30-38(36-20-9-10-21-37(36)42)41-24-15-27-47-48(41)43-23-12-14-26-46(43)56(47)35-18-7-4-8-19-35/h3-32H,1-2H3. The topological polar surface area (TPSA) is 43.6 Å². The van der Waals surface area contributed by atoms with Crippen LogP contribution < -0.4 is 0 Å². The van der Waals surface area contributed by atoms with Gasteiger partial charge in [-0.2, -0.15) is 0 Å². The van der Waals surface area contributed by atoms with E-state index in [-0.39, 0.29) is 5.41 Å². The second-order valence-corrected chi connectivity index (χ2v) is 15.2. The molecular weight excluding hydrogens is 681 g/mol. The van der Waals surface area contributed by atoms with Gasteiger partial charge in [-0.15, -0.1) is 0 Å². The van der Waals surface area contributed by atoms with E-state index in [1.54, 1.807) is 0 Å². The van der Waals surface area contributed by atoms with Gasteiger partial charge in [-0.1, -0.05) is 159 Å². The third kappa shape index (κ3) is 4.89. The van der Waals surface area contributed by atoms with Crippen LogP contribution in [0.4, 0.5) is 0 Å². The number of para-hydroxylation sites is 2. The van der Waals surface area contributed by atoms with Gasteiger partial charge in [0.25, 0.3) is 0 Å². The summed E-state index contributed by atoms with van der Waals surface area (Å²) in [5.74, 6) is 1.97. The highest BCUT2D eigenvalue weighted by Crippen LogP contribution is 2.49. The quantitative estimate of drug-likeness (QED) is 0.178. The highest BCUT2D eigenvalue weighted by molar-refractivity contribution is 6.18. The molecule has 0 radical (unpaired) electrons. The number of hydrogen-bond acceptors (Lipinski definition) is 3. The van der Waals surface area contributed by atoms with Gasteiger partial charge in [0.1, 0.15) is 0 Å². The maximum absolute atomic E-state index is 5.28. The van der Waals surface area contributed by atoms with E-state index < -0.39 is 0 Å². The fourth-order valence-electron chi connectivity index (χ4n) is 9.01. The van der Waals surface area contributed by atoms with Gasteiger partial charge < -0.3 is 4.57 Å². The Kier molecular flexibility index (Phi) is 7.17. The molecule has 0 spiro atoms. The second kappa shape index (κ2) is 12.4. The molecule has 2 aromatic heterocycles. The lowest BCUT2D eigenvalue weighted by Gasteiger charge is -2.21. The number of benzene rings is 8. The molecule has 11 rings (SSSR count). The summed E-state index contributed by atoms with van der Waals surface area (Å²) in [7, 11) is 0. The minimum Gasteiger partial charge on any atom is -0.309 e. The molecule has 0 saturated carbocycles.